The normalized spacial score (nSPS) is 20.3. The number of nitrogens with one attached hydrogen (secondary N) is 1. The number of aromatic nitrogens is 2. The molecule has 0 spiro atoms. The maximum absolute atomic E-state index is 12.5. The summed E-state index contributed by atoms with van der Waals surface area (Å²) in [6.45, 7) is 7.15. The molecular weight excluding hydrogens is 312 g/mol. The van der Waals surface area contributed by atoms with Gasteiger partial charge >= 0.3 is 6.03 Å². The van der Waals surface area contributed by atoms with Crippen LogP contribution in [0.15, 0.2) is 29.6 Å². The van der Waals surface area contributed by atoms with Gasteiger partial charge in [0.25, 0.3) is 0 Å². The van der Waals surface area contributed by atoms with Crippen molar-refractivity contribution in [2.45, 2.75) is 32.5 Å². The van der Waals surface area contributed by atoms with Crippen molar-refractivity contribution in [1.82, 2.24) is 14.5 Å². The third kappa shape index (κ3) is 3.86. The monoisotopic (exact) mass is 332 g/mol. The Morgan fingerprint density at radius 3 is 2.74 bits per heavy atom. The van der Waals surface area contributed by atoms with E-state index in [-0.39, 0.29) is 17.7 Å². The molecular formula is C16H20N4O2S. The van der Waals surface area contributed by atoms with Gasteiger partial charge in [0.05, 0.1) is 18.2 Å². The Labute approximate surface area is 139 Å². The highest BCUT2D eigenvalue weighted by Gasteiger charge is 2.33. The van der Waals surface area contributed by atoms with Crippen LogP contribution in [0.3, 0.4) is 0 Å². The van der Waals surface area contributed by atoms with Crippen molar-refractivity contribution in [2.24, 2.45) is 0 Å². The smallest absolute Gasteiger partial charge is 0.322 e. The average Bonchev–Trinajstić information content (AvgIpc) is 3.00. The molecule has 1 fully saturated rings. The lowest BCUT2D eigenvalue weighted by atomic mass is 10.1. The summed E-state index contributed by atoms with van der Waals surface area (Å²) in [4.78, 5) is 14.3. The summed E-state index contributed by atoms with van der Waals surface area (Å²) in [6.07, 6.45) is 0.0315. The van der Waals surface area contributed by atoms with Crippen LogP contribution in [0.4, 0.5) is 10.5 Å². The fourth-order valence-corrected chi connectivity index (χ4v) is 3.29. The Balaban J connectivity index is 1.66. The van der Waals surface area contributed by atoms with Crippen LogP contribution in [0.2, 0.25) is 0 Å². The van der Waals surface area contributed by atoms with Gasteiger partial charge in [-0.1, -0.05) is 16.6 Å². The maximum Gasteiger partial charge on any atom is 0.322 e. The van der Waals surface area contributed by atoms with Gasteiger partial charge in [0.2, 0.25) is 0 Å². The molecule has 1 aliphatic rings. The van der Waals surface area contributed by atoms with Crippen molar-refractivity contribution < 1.29 is 9.53 Å². The van der Waals surface area contributed by atoms with Crippen LogP contribution < -0.4 is 5.32 Å². The molecule has 1 atom stereocenters. The van der Waals surface area contributed by atoms with E-state index in [0.717, 1.165) is 16.9 Å². The number of ether oxygens (including phenoxy) is 1. The predicted molar refractivity (Wildman–Crippen MR) is 90.6 cm³/mol. The Morgan fingerprint density at radius 2 is 2.13 bits per heavy atom. The van der Waals surface area contributed by atoms with Crippen LogP contribution in [0.5, 0.6) is 0 Å². The van der Waals surface area contributed by atoms with Crippen LogP contribution in [0.1, 0.15) is 20.8 Å². The van der Waals surface area contributed by atoms with Gasteiger partial charge < -0.3 is 15.0 Å². The number of amides is 2. The van der Waals surface area contributed by atoms with E-state index in [4.69, 9.17) is 4.74 Å². The Bertz CT molecular complexity index is 670. The molecule has 1 aromatic heterocycles. The quantitative estimate of drug-likeness (QED) is 0.917. The number of hydrogen-bond donors (Lipinski definition) is 1. The Hall–Kier alpha value is -1.99. The van der Waals surface area contributed by atoms with E-state index in [2.05, 4.69) is 14.9 Å². The molecule has 0 bridgehead atoms. The van der Waals surface area contributed by atoms with Gasteiger partial charge in [-0.2, -0.15) is 0 Å². The van der Waals surface area contributed by atoms with Crippen LogP contribution in [0.25, 0.3) is 11.3 Å². The summed E-state index contributed by atoms with van der Waals surface area (Å²) in [5.74, 6) is 0. The van der Waals surface area contributed by atoms with E-state index in [9.17, 15) is 4.79 Å². The number of urea groups is 1. The molecule has 1 N–H and O–H groups in total. The summed E-state index contributed by atoms with van der Waals surface area (Å²) in [6, 6.07) is 7.51. The first-order valence-corrected chi connectivity index (χ1v) is 8.38. The predicted octanol–water partition coefficient (Wildman–Crippen LogP) is 3.24. The lowest BCUT2D eigenvalue weighted by Gasteiger charge is -2.41. The molecule has 0 saturated carbocycles. The second-order valence-corrected chi connectivity index (χ2v) is 6.98. The minimum atomic E-state index is -0.323. The number of hydrogen-bond acceptors (Lipinski definition) is 5. The van der Waals surface area contributed by atoms with E-state index in [1.807, 2.05) is 50.4 Å². The first kappa shape index (κ1) is 15.9. The van der Waals surface area contributed by atoms with Crippen molar-refractivity contribution in [2.75, 3.05) is 18.4 Å². The van der Waals surface area contributed by atoms with Gasteiger partial charge in [-0.25, -0.2) is 4.79 Å². The SMILES string of the molecule is CC1CN(C(=O)Nc2ccc(-c3csnn3)cc2)CC(C)(C)O1. The van der Waals surface area contributed by atoms with Gasteiger partial charge in [0, 0.05) is 23.2 Å². The molecule has 1 unspecified atom stereocenters. The van der Waals surface area contributed by atoms with Crippen LogP contribution >= 0.6 is 11.5 Å². The first-order chi connectivity index (χ1) is 10.9. The van der Waals surface area contributed by atoms with Crippen LogP contribution in [-0.4, -0.2) is 45.3 Å². The zero-order chi connectivity index (χ0) is 16.4. The molecule has 1 saturated heterocycles. The molecule has 1 aromatic carbocycles. The number of benzene rings is 1. The number of morpholine rings is 1. The molecule has 0 radical (unpaired) electrons. The minimum absolute atomic E-state index is 0.0315. The van der Waals surface area contributed by atoms with Crippen molar-refractivity contribution in [3.05, 3.63) is 29.6 Å². The highest BCUT2D eigenvalue weighted by Crippen LogP contribution is 2.23. The summed E-state index contributed by atoms with van der Waals surface area (Å²) < 4.78 is 9.68. The number of nitrogens with zero attached hydrogens (tertiary/aromatic N) is 3. The number of anilines is 1. The zero-order valence-corrected chi connectivity index (χ0v) is 14.3. The molecule has 7 heteroatoms. The number of carbonyl (C=O) groups excluding carboxylic acids is 1. The highest BCUT2D eigenvalue weighted by atomic mass is 32.1. The fourth-order valence-electron chi connectivity index (χ4n) is 2.83. The fraction of sp³-hybridized carbons (Fsp3) is 0.438. The van der Waals surface area contributed by atoms with Gasteiger partial charge in [-0.3, -0.25) is 0 Å². The lowest BCUT2D eigenvalue weighted by molar-refractivity contribution is -0.116. The maximum atomic E-state index is 12.5. The molecule has 2 amide bonds. The van der Waals surface area contributed by atoms with E-state index < -0.39 is 0 Å². The molecule has 23 heavy (non-hydrogen) atoms. The zero-order valence-electron chi connectivity index (χ0n) is 13.4. The third-order valence-electron chi connectivity index (χ3n) is 3.65. The van der Waals surface area contributed by atoms with E-state index in [1.165, 1.54) is 11.5 Å². The van der Waals surface area contributed by atoms with Crippen LogP contribution in [-0.2, 0) is 4.74 Å². The second-order valence-electron chi connectivity index (χ2n) is 6.37. The van der Waals surface area contributed by atoms with E-state index in [0.29, 0.717) is 13.1 Å². The van der Waals surface area contributed by atoms with E-state index >= 15 is 0 Å². The topological polar surface area (TPSA) is 67.4 Å². The Kier molecular flexibility index (Phi) is 4.32. The molecule has 122 valence electrons. The molecule has 0 aliphatic carbocycles. The molecule has 2 aromatic rings. The van der Waals surface area contributed by atoms with Crippen molar-refractivity contribution in [3.8, 4) is 11.3 Å². The van der Waals surface area contributed by atoms with Crippen molar-refractivity contribution in [1.29, 1.82) is 0 Å². The largest absolute Gasteiger partial charge is 0.369 e. The summed E-state index contributed by atoms with van der Waals surface area (Å²) in [5.41, 5.74) is 2.27. The van der Waals surface area contributed by atoms with Crippen molar-refractivity contribution in [3.63, 3.8) is 0 Å². The van der Waals surface area contributed by atoms with Gasteiger partial charge in [0.1, 0.15) is 5.69 Å². The Morgan fingerprint density at radius 1 is 1.39 bits per heavy atom. The van der Waals surface area contributed by atoms with Gasteiger partial charge in [0.15, 0.2) is 0 Å². The lowest BCUT2D eigenvalue weighted by Crippen LogP contribution is -2.54. The number of carbonyl (C=O) groups is 1. The summed E-state index contributed by atoms with van der Waals surface area (Å²) >= 11 is 1.32. The molecule has 2 heterocycles. The minimum Gasteiger partial charge on any atom is -0.369 e. The van der Waals surface area contributed by atoms with Gasteiger partial charge in [-0.05, 0) is 44.4 Å². The van der Waals surface area contributed by atoms with Crippen LogP contribution in [0, 0.1) is 0 Å². The highest BCUT2D eigenvalue weighted by molar-refractivity contribution is 7.03. The van der Waals surface area contributed by atoms with Crippen molar-refractivity contribution >= 4 is 23.3 Å². The first-order valence-electron chi connectivity index (χ1n) is 7.54. The molecule has 6 nitrogen and oxygen atoms in total. The van der Waals surface area contributed by atoms with E-state index in [1.54, 1.807) is 4.90 Å². The third-order valence-corrected chi connectivity index (χ3v) is 4.15. The molecule has 1 aliphatic heterocycles. The summed E-state index contributed by atoms with van der Waals surface area (Å²) in [5, 5.41) is 8.87. The molecule has 3 rings (SSSR count). The van der Waals surface area contributed by atoms with Gasteiger partial charge in [-0.15, -0.1) is 5.10 Å². The average molecular weight is 332 g/mol. The second kappa shape index (κ2) is 6.25. The summed E-state index contributed by atoms with van der Waals surface area (Å²) in [7, 11) is 0. The number of rotatable bonds is 2. The standard InChI is InChI=1S/C16H20N4O2S/c1-11-8-20(10-16(2,3)22-11)15(21)17-13-6-4-12(5-7-13)14-9-23-19-18-14/h4-7,9,11H,8,10H2,1-3H3,(H,17,21).